The maximum Gasteiger partial charge on any atom is 0.250 e. The van der Waals surface area contributed by atoms with Crippen LogP contribution < -0.4 is 0 Å². The zero-order chi connectivity index (χ0) is 17.7. The Morgan fingerprint density at radius 1 is 1.08 bits per heavy atom. The Morgan fingerprint density at radius 3 is 2.33 bits per heavy atom. The van der Waals surface area contributed by atoms with Gasteiger partial charge in [0, 0.05) is 6.54 Å². The van der Waals surface area contributed by atoms with Crippen LogP contribution >= 0.6 is 23.2 Å². The van der Waals surface area contributed by atoms with Crippen molar-refractivity contribution in [2.24, 2.45) is 0 Å². The summed E-state index contributed by atoms with van der Waals surface area (Å²) in [7, 11) is 3.79. The first-order valence-electron chi connectivity index (χ1n) is 7.53. The van der Waals surface area contributed by atoms with Crippen LogP contribution in [0.3, 0.4) is 0 Å². The van der Waals surface area contributed by atoms with Crippen molar-refractivity contribution in [3.63, 3.8) is 0 Å². The molecule has 2 aromatic rings. The SMILES string of the molecule is CN(C)C[C@H](c1ccccc1)N(O)C(=O)Cc1ccc(Cl)c(Cl)c1. The maximum atomic E-state index is 12.5. The second-order valence-corrected chi connectivity index (χ2v) is 6.67. The molecule has 2 aromatic carbocycles. The van der Waals surface area contributed by atoms with Crippen LogP contribution in [-0.4, -0.2) is 41.7 Å². The number of hydrogen-bond acceptors (Lipinski definition) is 3. The van der Waals surface area contributed by atoms with E-state index in [0.29, 0.717) is 22.2 Å². The van der Waals surface area contributed by atoms with Crippen molar-refractivity contribution >= 4 is 29.1 Å². The predicted molar refractivity (Wildman–Crippen MR) is 96.5 cm³/mol. The summed E-state index contributed by atoms with van der Waals surface area (Å²) >= 11 is 11.9. The first-order chi connectivity index (χ1) is 11.4. The van der Waals surface area contributed by atoms with Gasteiger partial charge in [-0.25, -0.2) is 5.06 Å². The number of hydroxylamine groups is 2. The van der Waals surface area contributed by atoms with Crippen molar-refractivity contribution in [2.75, 3.05) is 20.6 Å². The normalized spacial score (nSPS) is 12.2. The van der Waals surface area contributed by atoms with E-state index in [2.05, 4.69) is 0 Å². The molecule has 0 heterocycles. The summed E-state index contributed by atoms with van der Waals surface area (Å²) in [5.74, 6) is -0.399. The molecule has 0 fully saturated rings. The first-order valence-corrected chi connectivity index (χ1v) is 8.28. The summed E-state index contributed by atoms with van der Waals surface area (Å²) in [6.07, 6.45) is 0.0458. The standard InChI is InChI=1S/C18H20Cl2N2O2/c1-21(2)12-17(14-6-4-3-5-7-14)22(24)18(23)11-13-8-9-15(19)16(20)10-13/h3-10,17,24H,11-12H2,1-2H3/t17-/m1/s1. The molecule has 1 atom stereocenters. The number of carbonyl (C=O) groups is 1. The minimum Gasteiger partial charge on any atom is -0.307 e. The molecule has 0 bridgehead atoms. The van der Waals surface area contributed by atoms with Gasteiger partial charge in [-0.2, -0.15) is 0 Å². The minimum atomic E-state index is -0.448. The fourth-order valence-corrected chi connectivity index (χ4v) is 2.74. The van der Waals surface area contributed by atoms with Gasteiger partial charge < -0.3 is 4.90 Å². The fraction of sp³-hybridized carbons (Fsp3) is 0.278. The summed E-state index contributed by atoms with van der Waals surface area (Å²) < 4.78 is 0. The third-order valence-corrected chi connectivity index (χ3v) is 4.35. The van der Waals surface area contributed by atoms with Crippen LogP contribution in [-0.2, 0) is 11.2 Å². The molecule has 1 N–H and O–H groups in total. The Hall–Kier alpha value is -1.59. The van der Waals surface area contributed by atoms with Crippen LogP contribution in [0.5, 0.6) is 0 Å². The van der Waals surface area contributed by atoms with Crippen molar-refractivity contribution < 1.29 is 10.0 Å². The van der Waals surface area contributed by atoms with E-state index in [1.807, 2.05) is 49.3 Å². The topological polar surface area (TPSA) is 43.8 Å². The summed E-state index contributed by atoms with van der Waals surface area (Å²) in [4.78, 5) is 14.4. The second kappa shape index (κ2) is 8.49. The van der Waals surface area contributed by atoms with Gasteiger partial charge in [0.15, 0.2) is 0 Å². The highest BCUT2D eigenvalue weighted by molar-refractivity contribution is 6.42. The average Bonchev–Trinajstić information content (AvgIpc) is 2.56. The van der Waals surface area contributed by atoms with E-state index >= 15 is 0 Å². The van der Waals surface area contributed by atoms with Crippen LogP contribution in [0.4, 0.5) is 0 Å². The zero-order valence-electron chi connectivity index (χ0n) is 13.6. The monoisotopic (exact) mass is 366 g/mol. The molecule has 0 saturated carbocycles. The lowest BCUT2D eigenvalue weighted by Crippen LogP contribution is -2.38. The molecule has 0 radical (unpaired) electrons. The smallest absolute Gasteiger partial charge is 0.250 e. The number of amides is 1. The van der Waals surface area contributed by atoms with Gasteiger partial charge in [-0.05, 0) is 37.4 Å². The molecule has 0 aromatic heterocycles. The Labute approximate surface area is 152 Å². The van der Waals surface area contributed by atoms with E-state index in [0.717, 1.165) is 10.6 Å². The molecule has 0 unspecified atom stereocenters. The lowest BCUT2D eigenvalue weighted by molar-refractivity contribution is -0.177. The summed E-state index contributed by atoms with van der Waals surface area (Å²) in [5.41, 5.74) is 1.57. The van der Waals surface area contributed by atoms with Crippen LogP contribution in [0, 0.1) is 0 Å². The fourth-order valence-electron chi connectivity index (χ4n) is 2.42. The molecule has 0 aliphatic rings. The number of halogens is 2. The largest absolute Gasteiger partial charge is 0.307 e. The lowest BCUT2D eigenvalue weighted by Gasteiger charge is -2.29. The number of rotatable bonds is 6. The quantitative estimate of drug-likeness (QED) is 0.619. The molecule has 0 saturated heterocycles. The van der Waals surface area contributed by atoms with Crippen molar-refractivity contribution in [1.82, 2.24) is 9.96 Å². The van der Waals surface area contributed by atoms with Crippen LogP contribution in [0.1, 0.15) is 17.2 Å². The van der Waals surface area contributed by atoms with Crippen LogP contribution in [0.2, 0.25) is 10.0 Å². The first kappa shape index (κ1) is 18.7. The summed E-state index contributed by atoms with van der Waals surface area (Å²) in [5, 5.41) is 12.1. The summed E-state index contributed by atoms with van der Waals surface area (Å²) in [6, 6.07) is 14.0. The van der Waals surface area contributed by atoms with Gasteiger partial charge in [0.25, 0.3) is 5.91 Å². The molecule has 6 heteroatoms. The second-order valence-electron chi connectivity index (χ2n) is 5.85. The predicted octanol–water partition coefficient (Wildman–Crippen LogP) is 4.06. The van der Waals surface area contributed by atoms with Crippen LogP contribution in [0.15, 0.2) is 48.5 Å². The van der Waals surface area contributed by atoms with E-state index in [1.165, 1.54) is 0 Å². The highest BCUT2D eigenvalue weighted by Crippen LogP contribution is 2.24. The Balaban J connectivity index is 2.17. The van der Waals surface area contributed by atoms with Crippen molar-refractivity contribution in [3.8, 4) is 0 Å². The number of hydrogen-bond donors (Lipinski definition) is 1. The molecule has 0 spiro atoms. The molecule has 128 valence electrons. The Morgan fingerprint density at radius 2 is 1.75 bits per heavy atom. The summed E-state index contributed by atoms with van der Waals surface area (Å²) in [6.45, 7) is 0.508. The zero-order valence-corrected chi connectivity index (χ0v) is 15.1. The highest BCUT2D eigenvalue weighted by Gasteiger charge is 2.24. The van der Waals surface area contributed by atoms with Crippen molar-refractivity contribution in [1.29, 1.82) is 0 Å². The Kier molecular flexibility index (Phi) is 6.63. The molecule has 0 aliphatic carbocycles. The van der Waals surface area contributed by atoms with Gasteiger partial charge in [0.2, 0.25) is 0 Å². The van der Waals surface area contributed by atoms with E-state index in [9.17, 15) is 10.0 Å². The molecule has 24 heavy (non-hydrogen) atoms. The Bertz CT molecular complexity index is 693. The van der Waals surface area contributed by atoms with Gasteiger partial charge in [-0.15, -0.1) is 0 Å². The average molecular weight is 367 g/mol. The third kappa shape index (κ3) is 4.95. The van der Waals surface area contributed by atoms with E-state index < -0.39 is 11.9 Å². The molecular formula is C18H20Cl2N2O2. The molecule has 0 aliphatic heterocycles. The van der Waals surface area contributed by atoms with Crippen molar-refractivity contribution in [2.45, 2.75) is 12.5 Å². The molecule has 4 nitrogen and oxygen atoms in total. The number of nitrogens with zero attached hydrogens (tertiary/aromatic N) is 2. The number of benzene rings is 2. The van der Waals surface area contributed by atoms with Gasteiger partial charge >= 0.3 is 0 Å². The van der Waals surface area contributed by atoms with Gasteiger partial charge in [0.05, 0.1) is 22.5 Å². The number of likely N-dealkylation sites (N-methyl/N-ethyl adjacent to an activating group) is 1. The number of carbonyl (C=O) groups excluding carboxylic acids is 1. The third-order valence-electron chi connectivity index (χ3n) is 3.61. The van der Waals surface area contributed by atoms with E-state index in [1.54, 1.807) is 18.2 Å². The van der Waals surface area contributed by atoms with Gasteiger partial charge in [0.1, 0.15) is 0 Å². The van der Waals surface area contributed by atoms with Gasteiger partial charge in [-0.3, -0.25) is 10.0 Å². The minimum absolute atomic E-state index is 0.0458. The maximum absolute atomic E-state index is 12.5. The lowest BCUT2D eigenvalue weighted by atomic mass is 10.1. The molecule has 1 amide bonds. The van der Waals surface area contributed by atoms with E-state index in [4.69, 9.17) is 23.2 Å². The van der Waals surface area contributed by atoms with Crippen LogP contribution in [0.25, 0.3) is 0 Å². The van der Waals surface area contributed by atoms with Crippen molar-refractivity contribution in [3.05, 3.63) is 69.7 Å². The van der Waals surface area contributed by atoms with E-state index in [-0.39, 0.29) is 6.42 Å². The molecule has 2 rings (SSSR count). The molecular weight excluding hydrogens is 347 g/mol. The highest BCUT2D eigenvalue weighted by atomic mass is 35.5. The van der Waals surface area contributed by atoms with Gasteiger partial charge in [-0.1, -0.05) is 59.6 Å².